The van der Waals surface area contributed by atoms with Crippen LogP contribution in [-0.2, 0) is 0 Å². The maximum atomic E-state index is 5.81. The number of nitrogen functional groups attached to an aromatic ring is 1. The minimum Gasteiger partial charge on any atom is -0.493 e. The second kappa shape index (κ2) is 5.64. The van der Waals surface area contributed by atoms with E-state index in [0.29, 0.717) is 0 Å². The van der Waals surface area contributed by atoms with E-state index < -0.39 is 0 Å². The minimum atomic E-state index is 0.804. The molecule has 0 aliphatic rings. The molecule has 0 bridgehead atoms. The SMILES string of the molecule is CCCCCOc1cc(C)c(N)cc1C. The topological polar surface area (TPSA) is 35.2 Å². The van der Waals surface area contributed by atoms with Gasteiger partial charge >= 0.3 is 0 Å². The molecule has 2 nitrogen and oxygen atoms in total. The van der Waals surface area contributed by atoms with E-state index in [4.69, 9.17) is 10.5 Å². The third-order valence-electron chi connectivity index (χ3n) is 2.57. The molecule has 1 rings (SSSR count). The summed E-state index contributed by atoms with van der Waals surface area (Å²) in [4.78, 5) is 0. The van der Waals surface area contributed by atoms with Crippen molar-refractivity contribution in [3.63, 3.8) is 0 Å². The number of hydrogen-bond acceptors (Lipinski definition) is 2. The van der Waals surface area contributed by atoms with Crippen molar-refractivity contribution in [3.05, 3.63) is 23.3 Å². The van der Waals surface area contributed by atoms with Crippen LogP contribution < -0.4 is 10.5 Å². The van der Waals surface area contributed by atoms with E-state index in [1.165, 1.54) is 12.8 Å². The summed E-state index contributed by atoms with van der Waals surface area (Å²) in [6.07, 6.45) is 3.58. The molecule has 0 spiro atoms. The van der Waals surface area contributed by atoms with E-state index in [1.807, 2.05) is 26.0 Å². The van der Waals surface area contributed by atoms with Crippen molar-refractivity contribution in [2.45, 2.75) is 40.0 Å². The first-order valence-electron chi connectivity index (χ1n) is 5.64. The summed E-state index contributed by atoms with van der Waals surface area (Å²) in [5.74, 6) is 0.970. The van der Waals surface area contributed by atoms with Crippen molar-refractivity contribution < 1.29 is 4.74 Å². The summed E-state index contributed by atoms with van der Waals surface area (Å²) in [6, 6.07) is 4.00. The van der Waals surface area contributed by atoms with Gasteiger partial charge in [0.15, 0.2) is 0 Å². The van der Waals surface area contributed by atoms with Crippen molar-refractivity contribution in [2.24, 2.45) is 0 Å². The lowest BCUT2D eigenvalue weighted by Gasteiger charge is -2.11. The van der Waals surface area contributed by atoms with E-state index in [0.717, 1.165) is 35.6 Å². The number of nitrogens with two attached hydrogens (primary N) is 1. The summed E-state index contributed by atoms with van der Waals surface area (Å²) in [5, 5.41) is 0. The number of benzene rings is 1. The first-order valence-corrected chi connectivity index (χ1v) is 5.64. The van der Waals surface area contributed by atoms with Crippen LogP contribution in [0.2, 0.25) is 0 Å². The largest absolute Gasteiger partial charge is 0.493 e. The van der Waals surface area contributed by atoms with Gasteiger partial charge in [0.2, 0.25) is 0 Å². The van der Waals surface area contributed by atoms with E-state index in [2.05, 4.69) is 6.92 Å². The maximum absolute atomic E-state index is 5.81. The van der Waals surface area contributed by atoms with Crippen LogP contribution in [0.15, 0.2) is 12.1 Å². The Bertz CT molecular complexity index is 321. The first kappa shape index (κ1) is 11.9. The fourth-order valence-electron chi connectivity index (χ4n) is 1.50. The third kappa shape index (κ3) is 3.46. The molecule has 0 fully saturated rings. The Morgan fingerprint density at radius 3 is 2.53 bits per heavy atom. The monoisotopic (exact) mass is 207 g/mol. The Morgan fingerprint density at radius 2 is 1.87 bits per heavy atom. The second-order valence-corrected chi connectivity index (χ2v) is 4.03. The van der Waals surface area contributed by atoms with Crippen LogP contribution in [0.4, 0.5) is 5.69 Å². The first-order chi connectivity index (χ1) is 7.15. The Labute approximate surface area is 92.4 Å². The summed E-state index contributed by atoms with van der Waals surface area (Å²) >= 11 is 0. The predicted octanol–water partition coefficient (Wildman–Crippen LogP) is 3.45. The summed E-state index contributed by atoms with van der Waals surface area (Å²) < 4.78 is 5.72. The van der Waals surface area contributed by atoms with Gasteiger partial charge in [-0.2, -0.15) is 0 Å². The molecule has 2 N–H and O–H groups in total. The summed E-state index contributed by atoms with van der Waals surface area (Å²) in [5.41, 5.74) is 8.86. The van der Waals surface area contributed by atoms with Crippen LogP contribution in [0.3, 0.4) is 0 Å². The predicted molar refractivity (Wildman–Crippen MR) is 65.3 cm³/mol. The van der Waals surface area contributed by atoms with Crippen molar-refractivity contribution >= 4 is 5.69 Å². The normalized spacial score (nSPS) is 10.3. The molecule has 0 atom stereocenters. The molecule has 15 heavy (non-hydrogen) atoms. The van der Waals surface area contributed by atoms with Gasteiger partial charge < -0.3 is 10.5 Å². The van der Waals surface area contributed by atoms with Gasteiger partial charge in [0.1, 0.15) is 5.75 Å². The van der Waals surface area contributed by atoms with Crippen LogP contribution >= 0.6 is 0 Å². The minimum absolute atomic E-state index is 0.804. The summed E-state index contributed by atoms with van der Waals surface area (Å²) in [7, 11) is 0. The molecule has 1 aromatic rings. The standard InChI is InChI=1S/C13H21NO/c1-4-5-6-7-15-13-9-10(2)12(14)8-11(13)3/h8-9H,4-7,14H2,1-3H3. The molecule has 0 unspecified atom stereocenters. The Morgan fingerprint density at radius 1 is 1.13 bits per heavy atom. The number of rotatable bonds is 5. The molecule has 84 valence electrons. The van der Waals surface area contributed by atoms with Crippen LogP contribution in [0.25, 0.3) is 0 Å². The van der Waals surface area contributed by atoms with Gasteiger partial charge in [-0.15, -0.1) is 0 Å². The lowest BCUT2D eigenvalue weighted by molar-refractivity contribution is 0.304. The Kier molecular flexibility index (Phi) is 4.47. The van der Waals surface area contributed by atoms with Crippen molar-refractivity contribution in [3.8, 4) is 5.75 Å². The van der Waals surface area contributed by atoms with Gasteiger partial charge in [-0.05, 0) is 43.5 Å². The number of unbranched alkanes of at least 4 members (excludes halogenated alkanes) is 2. The van der Waals surface area contributed by atoms with Gasteiger partial charge in [0, 0.05) is 5.69 Å². The molecule has 0 heterocycles. The van der Waals surface area contributed by atoms with Crippen LogP contribution in [0.1, 0.15) is 37.3 Å². The molecule has 1 aromatic carbocycles. The molecule has 0 saturated carbocycles. The van der Waals surface area contributed by atoms with Crippen LogP contribution in [0, 0.1) is 13.8 Å². The van der Waals surface area contributed by atoms with E-state index in [-0.39, 0.29) is 0 Å². The van der Waals surface area contributed by atoms with E-state index in [1.54, 1.807) is 0 Å². The lowest BCUT2D eigenvalue weighted by atomic mass is 10.1. The highest BCUT2D eigenvalue weighted by atomic mass is 16.5. The highest BCUT2D eigenvalue weighted by Gasteiger charge is 2.02. The smallest absolute Gasteiger partial charge is 0.122 e. The summed E-state index contributed by atoms with van der Waals surface area (Å²) in [6.45, 7) is 7.04. The van der Waals surface area contributed by atoms with Gasteiger partial charge in [0.25, 0.3) is 0 Å². The molecule has 0 aliphatic heterocycles. The van der Waals surface area contributed by atoms with Gasteiger partial charge in [-0.1, -0.05) is 19.8 Å². The Balaban J connectivity index is 2.57. The zero-order valence-corrected chi connectivity index (χ0v) is 9.97. The fourth-order valence-corrected chi connectivity index (χ4v) is 1.50. The average molecular weight is 207 g/mol. The van der Waals surface area contributed by atoms with Gasteiger partial charge in [-0.25, -0.2) is 0 Å². The Hall–Kier alpha value is -1.18. The van der Waals surface area contributed by atoms with Crippen molar-refractivity contribution in [1.82, 2.24) is 0 Å². The zero-order chi connectivity index (χ0) is 11.3. The molecule has 0 radical (unpaired) electrons. The molecule has 0 aromatic heterocycles. The number of ether oxygens (including phenoxy) is 1. The lowest BCUT2D eigenvalue weighted by Crippen LogP contribution is -2.00. The molecule has 0 aliphatic carbocycles. The molecule has 2 heteroatoms. The van der Waals surface area contributed by atoms with E-state index in [9.17, 15) is 0 Å². The van der Waals surface area contributed by atoms with Crippen LogP contribution in [-0.4, -0.2) is 6.61 Å². The molecule has 0 amide bonds. The van der Waals surface area contributed by atoms with Crippen molar-refractivity contribution in [1.29, 1.82) is 0 Å². The highest BCUT2D eigenvalue weighted by Crippen LogP contribution is 2.24. The highest BCUT2D eigenvalue weighted by molar-refractivity contribution is 5.53. The number of anilines is 1. The van der Waals surface area contributed by atoms with Gasteiger partial charge in [-0.3, -0.25) is 0 Å². The molecular weight excluding hydrogens is 186 g/mol. The zero-order valence-electron chi connectivity index (χ0n) is 9.97. The second-order valence-electron chi connectivity index (χ2n) is 4.03. The third-order valence-corrected chi connectivity index (χ3v) is 2.57. The van der Waals surface area contributed by atoms with E-state index >= 15 is 0 Å². The van der Waals surface area contributed by atoms with Gasteiger partial charge in [0.05, 0.1) is 6.61 Å². The number of aryl methyl sites for hydroxylation is 2. The maximum Gasteiger partial charge on any atom is 0.122 e. The molecular formula is C13H21NO. The number of hydrogen-bond donors (Lipinski definition) is 1. The van der Waals surface area contributed by atoms with Crippen LogP contribution in [0.5, 0.6) is 5.75 Å². The molecule has 0 saturated heterocycles. The average Bonchev–Trinajstić information content (AvgIpc) is 2.20. The van der Waals surface area contributed by atoms with Crippen molar-refractivity contribution in [2.75, 3.05) is 12.3 Å². The fraction of sp³-hybridized carbons (Fsp3) is 0.538. The quantitative estimate of drug-likeness (QED) is 0.593.